The maximum Gasteiger partial charge on any atom is 0.255 e. The summed E-state index contributed by atoms with van der Waals surface area (Å²) >= 11 is 0. The summed E-state index contributed by atoms with van der Waals surface area (Å²) in [6, 6.07) is 16.1. The summed E-state index contributed by atoms with van der Waals surface area (Å²) in [6.45, 7) is 4.53. The number of nitrogens with zero attached hydrogens (tertiary/aromatic N) is 2. The van der Waals surface area contributed by atoms with Crippen LogP contribution in [0.25, 0.3) is 10.9 Å². The van der Waals surface area contributed by atoms with Crippen LogP contribution in [-0.2, 0) is 4.79 Å². The number of aromatic amines is 1. The van der Waals surface area contributed by atoms with Crippen LogP contribution in [0.5, 0.6) is 0 Å². The van der Waals surface area contributed by atoms with Crippen molar-refractivity contribution in [2.24, 2.45) is 5.73 Å². The molecule has 0 aliphatic rings. The van der Waals surface area contributed by atoms with Gasteiger partial charge in [-0.05, 0) is 55.8 Å². The molecule has 2 amide bonds. The first kappa shape index (κ1) is 22.2. The summed E-state index contributed by atoms with van der Waals surface area (Å²) in [5.74, 6) is -0.268. The van der Waals surface area contributed by atoms with Crippen molar-refractivity contribution in [1.82, 2.24) is 9.97 Å². The number of nitrogens with one attached hydrogen (secondary N) is 2. The Morgan fingerprint density at radius 3 is 2.52 bits per heavy atom. The van der Waals surface area contributed by atoms with Crippen molar-refractivity contribution >= 4 is 34.1 Å². The SMILES string of the molecule is CCN(C(=O)CC(N)c1ccc(C(=O)Nc2ccncc2)cc1)c1c[nH]c2ccc(C)cc12. The Kier molecular flexibility index (Phi) is 6.51. The number of carbonyl (C=O) groups is 2. The summed E-state index contributed by atoms with van der Waals surface area (Å²) in [5.41, 5.74) is 11.3. The van der Waals surface area contributed by atoms with Crippen molar-refractivity contribution in [3.63, 3.8) is 0 Å². The molecule has 1 unspecified atom stereocenters. The Bertz CT molecular complexity index is 1270. The topological polar surface area (TPSA) is 104 Å². The molecule has 4 N–H and O–H groups in total. The third kappa shape index (κ3) is 4.94. The van der Waals surface area contributed by atoms with Gasteiger partial charge in [0.25, 0.3) is 5.91 Å². The van der Waals surface area contributed by atoms with Gasteiger partial charge in [0, 0.05) is 59.8 Å². The second kappa shape index (κ2) is 9.67. The highest BCUT2D eigenvalue weighted by atomic mass is 16.2. The zero-order valence-electron chi connectivity index (χ0n) is 18.7. The molecule has 7 nitrogen and oxygen atoms in total. The number of benzene rings is 2. The van der Waals surface area contributed by atoms with E-state index < -0.39 is 6.04 Å². The Hall–Kier alpha value is -3.97. The molecule has 0 fully saturated rings. The molecule has 2 aromatic heterocycles. The van der Waals surface area contributed by atoms with Crippen LogP contribution in [0.4, 0.5) is 11.4 Å². The molecule has 0 spiro atoms. The van der Waals surface area contributed by atoms with Crippen molar-refractivity contribution in [2.75, 3.05) is 16.8 Å². The number of H-pyrrole nitrogens is 1. The minimum Gasteiger partial charge on any atom is -0.359 e. The number of amides is 2. The molecule has 168 valence electrons. The van der Waals surface area contributed by atoms with Gasteiger partial charge < -0.3 is 20.9 Å². The molecule has 0 aliphatic carbocycles. The van der Waals surface area contributed by atoms with Gasteiger partial charge in [0.2, 0.25) is 5.91 Å². The quantitative estimate of drug-likeness (QED) is 0.391. The second-order valence-corrected chi connectivity index (χ2v) is 7.98. The van der Waals surface area contributed by atoms with Crippen LogP contribution in [0.1, 0.15) is 40.9 Å². The largest absolute Gasteiger partial charge is 0.359 e. The molecular weight excluding hydrogens is 414 g/mol. The minimum atomic E-state index is -0.476. The third-order valence-corrected chi connectivity index (χ3v) is 5.66. The van der Waals surface area contributed by atoms with Gasteiger partial charge in [0.15, 0.2) is 0 Å². The fraction of sp³-hybridized carbons (Fsp3) is 0.192. The Balaban J connectivity index is 1.44. The molecule has 0 aliphatic heterocycles. The standard InChI is InChI=1S/C26H27N5O2/c1-3-31(24-16-29-23-9-4-17(2)14-21(23)24)25(32)15-22(27)18-5-7-19(8-6-18)26(33)30-20-10-12-28-13-11-20/h4-14,16,22,29H,3,15,27H2,1-2H3,(H,28,30,33). The zero-order chi connectivity index (χ0) is 23.4. The van der Waals surface area contributed by atoms with Gasteiger partial charge in [0.05, 0.1) is 5.69 Å². The third-order valence-electron chi connectivity index (χ3n) is 5.66. The first-order valence-corrected chi connectivity index (χ1v) is 10.9. The van der Waals surface area contributed by atoms with E-state index >= 15 is 0 Å². The maximum absolute atomic E-state index is 13.1. The molecule has 2 heterocycles. The first-order chi connectivity index (χ1) is 16.0. The number of pyridine rings is 1. The number of anilines is 2. The lowest BCUT2D eigenvalue weighted by Crippen LogP contribution is -2.33. The molecule has 33 heavy (non-hydrogen) atoms. The average molecular weight is 442 g/mol. The molecule has 4 aromatic rings. The van der Waals surface area contributed by atoms with E-state index in [0.29, 0.717) is 17.8 Å². The van der Waals surface area contributed by atoms with Crippen LogP contribution in [0.3, 0.4) is 0 Å². The van der Waals surface area contributed by atoms with E-state index in [0.717, 1.165) is 27.7 Å². The summed E-state index contributed by atoms with van der Waals surface area (Å²) in [6.07, 6.45) is 5.26. The normalized spacial score (nSPS) is 11.8. The summed E-state index contributed by atoms with van der Waals surface area (Å²) in [4.78, 5) is 34.5. The molecule has 0 radical (unpaired) electrons. The van der Waals surface area contributed by atoms with E-state index in [9.17, 15) is 9.59 Å². The predicted octanol–water partition coefficient (Wildman–Crippen LogP) is 4.57. The van der Waals surface area contributed by atoms with Crippen molar-refractivity contribution in [1.29, 1.82) is 0 Å². The Labute approximate surface area is 192 Å². The molecule has 4 rings (SSSR count). The van der Waals surface area contributed by atoms with Crippen molar-refractivity contribution in [3.8, 4) is 0 Å². The summed E-state index contributed by atoms with van der Waals surface area (Å²) < 4.78 is 0. The highest BCUT2D eigenvalue weighted by molar-refractivity contribution is 6.05. The lowest BCUT2D eigenvalue weighted by Gasteiger charge is -2.22. The predicted molar refractivity (Wildman–Crippen MR) is 131 cm³/mol. The van der Waals surface area contributed by atoms with Crippen LogP contribution < -0.4 is 16.0 Å². The number of fused-ring (bicyclic) bond motifs is 1. The van der Waals surface area contributed by atoms with Crippen molar-refractivity contribution < 1.29 is 9.59 Å². The first-order valence-electron chi connectivity index (χ1n) is 10.9. The van der Waals surface area contributed by atoms with E-state index in [1.165, 1.54) is 0 Å². The van der Waals surface area contributed by atoms with E-state index in [-0.39, 0.29) is 18.2 Å². The van der Waals surface area contributed by atoms with Gasteiger partial charge in [-0.3, -0.25) is 14.6 Å². The van der Waals surface area contributed by atoms with Gasteiger partial charge in [0.1, 0.15) is 0 Å². The molecule has 0 bridgehead atoms. The van der Waals surface area contributed by atoms with Gasteiger partial charge in [-0.25, -0.2) is 0 Å². The number of hydrogen-bond acceptors (Lipinski definition) is 4. The van der Waals surface area contributed by atoms with Gasteiger partial charge >= 0.3 is 0 Å². The number of hydrogen-bond donors (Lipinski definition) is 3. The number of rotatable bonds is 7. The van der Waals surface area contributed by atoms with Crippen molar-refractivity contribution in [3.05, 3.63) is 89.9 Å². The van der Waals surface area contributed by atoms with E-state index in [1.807, 2.05) is 32.2 Å². The molecule has 0 saturated carbocycles. The van der Waals surface area contributed by atoms with Crippen molar-refractivity contribution in [2.45, 2.75) is 26.3 Å². The Morgan fingerprint density at radius 1 is 1.09 bits per heavy atom. The maximum atomic E-state index is 13.1. The minimum absolute atomic E-state index is 0.0492. The number of aryl methyl sites for hydroxylation is 1. The molecule has 0 saturated heterocycles. The number of aromatic nitrogens is 2. The van der Waals surface area contributed by atoms with Gasteiger partial charge in [-0.1, -0.05) is 23.8 Å². The van der Waals surface area contributed by atoms with Gasteiger partial charge in [-0.15, -0.1) is 0 Å². The van der Waals surface area contributed by atoms with Crippen LogP contribution in [0, 0.1) is 6.92 Å². The molecule has 1 atom stereocenters. The van der Waals surface area contributed by atoms with E-state index in [2.05, 4.69) is 21.4 Å². The smallest absolute Gasteiger partial charge is 0.255 e. The lowest BCUT2D eigenvalue weighted by atomic mass is 10.0. The summed E-state index contributed by atoms with van der Waals surface area (Å²) in [5, 5.41) is 3.84. The highest BCUT2D eigenvalue weighted by Crippen LogP contribution is 2.29. The lowest BCUT2D eigenvalue weighted by molar-refractivity contribution is -0.118. The molecular formula is C26H27N5O2. The summed E-state index contributed by atoms with van der Waals surface area (Å²) in [7, 11) is 0. The molecule has 7 heteroatoms. The van der Waals surface area contributed by atoms with E-state index in [4.69, 9.17) is 5.73 Å². The fourth-order valence-corrected chi connectivity index (χ4v) is 3.86. The van der Waals surface area contributed by atoms with Gasteiger partial charge in [-0.2, -0.15) is 0 Å². The fourth-order valence-electron chi connectivity index (χ4n) is 3.86. The monoisotopic (exact) mass is 441 g/mol. The highest BCUT2D eigenvalue weighted by Gasteiger charge is 2.21. The van der Waals surface area contributed by atoms with Crippen LogP contribution in [-0.4, -0.2) is 28.3 Å². The van der Waals surface area contributed by atoms with Crippen LogP contribution in [0.15, 0.2) is 73.2 Å². The Morgan fingerprint density at radius 2 is 1.82 bits per heavy atom. The molecule has 2 aromatic carbocycles. The number of nitrogens with two attached hydrogens (primary N) is 1. The van der Waals surface area contributed by atoms with E-state index in [1.54, 1.807) is 53.7 Å². The van der Waals surface area contributed by atoms with Crippen LogP contribution in [0.2, 0.25) is 0 Å². The number of carbonyl (C=O) groups excluding carboxylic acids is 2. The zero-order valence-corrected chi connectivity index (χ0v) is 18.7. The second-order valence-electron chi connectivity index (χ2n) is 7.98. The van der Waals surface area contributed by atoms with Crippen LogP contribution >= 0.6 is 0 Å². The average Bonchev–Trinajstić information content (AvgIpc) is 3.23.